The lowest BCUT2D eigenvalue weighted by molar-refractivity contribution is -0.108. The Kier molecular flexibility index (Phi) is 11.7. The summed E-state index contributed by atoms with van der Waals surface area (Å²) in [5.41, 5.74) is 0. The van der Waals surface area contributed by atoms with E-state index >= 15 is 0 Å². The van der Waals surface area contributed by atoms with Crippen LogP contribution in [-0.2, 0) is 9.47 Å². The van der Waals surface area contributed by atoms with E-state index in [-0.39, 0.29) is 6.29 Å². The van der Waals surface area contributed by atoms with E-state index in [4.69, 9.17) is 21.1 Å². The first kappa shape index (κ1) is 16.9. The molecule has 0 aliphatic rings. The topological polar surface area (TPSA) is 18.5 Å². The molecule has 0 aromatic rings. The Hall–Kier alpha value is 0.910. The number of allylic oxidation sites excluding steroid dienone is 1. The molecule has 0 saturated carbocycles. The lowest BCUT2D eigenvalue weighted by atomic mass is 9.98. The van der Waals surface area contributed by atoms with Crippen LogP contribution in [0.25, 0.3) is 0 Å². The average molecular weight is 379 g/mol. The van der Waals surface area contributed by atoms with Crippen LogP contribution in [0.5, 0.6) is 0 Å². The van der Waals surface area contributed by atoms with Gasteiger partial charge >= 0.3 is 0 Å². The van der Waals surface area contributed by atoms with Gasteiger partial charge in [-0.3, -0.25) is 0 Å². The standard InChI is InChI=1S/C11H19Br2ClO2/c1-15-11(16-2)6-5-9(4-3-7-14)8-10(12)13/h8-9,11H,3-7H2,1-2H3. The van der Waals surface area contributed by atoms with E-state index in [9.17, 15) is 0 Å². The Morgan fingerprint density at radius 3 is 2.25 bits per heavy atom. The molecular formula is C11H19Br2ClO2. The Balaban J connectivity index is 4.04. The summed E-state index contributed by atoms with van der Waals surface area (Å²) in [6.07, 6.45) is 6.09. The normalized spacial score (nSPS) is 12.9. The predicted molar refractivity (Wildman–Crippen MR) is 76.4 cm³/mol. The summed E-state index contributed by atoms with van der Waals surface area (Å²) in [6, 6.07) is 0. The number of methoxy groups -OCH3 is 2. The molecule has 1 unspecified atom stereocenters. The number of ether oxygens (including phenoxy) is 2. The van der Waals surface area contributed by atoms with Gasteiger partial charge in [0.2, 0.25) is 0 Å². The molecule has 0 amide bonds. The smallest absolute Gasteiger partial charge is 0.156 e. The Morgan fingerprint density at radius 1 is 1.19 bits per heavy atom. The number of hydrogen-bond acceptors (Lipinski definition) is 2. The third kappa shape index (κ3) is 8.99. The molecule has 0 aromatic heterocycles. The van der Waals surface area contributed by atoms with Crippen LogP contribution < -0.4 is 0 Å². The maximum Gasteiger partial charge on any atom is 0.156 e. The molecule has 16 heavy (non-hydrogen) atoms. The summed E-state index contributed by atoms with van der Waals surface area (Å²) in [7, 11) is 3.33. The van der Waals surface area contributed by atoms with Crippen molar-refractivity contribution in [2.75, 3.05) is 20.1 Å². The summed E-state index contributed by atoms with van der Waals surface area (Å²) in [6.45, 7) is 0. The zero-order valence-corrected chi connectivity index (χ0v) is 13.6. The number of rotatable bonds is 9. The molecule has 0 spiro atoms. The third-order valence-electron chi connectivity index (χ3n) is 2.37. The fourth-order valence-electron chi connectivity index (χ4n) is 1.51. The van der Waals surface area contributed by atoms with E-state index in [0.29, 0.717) is 11.8 Å². The number of halogens is 3. The minimum Gasteiger partial charge on any atom is -0.356 e. The Morgan fingerprint density at radius 2 is 1.81 bits per heavy atom. The van der Waals surface area contributed by atoms with E-state index in [1.807, 2.05) is 0 Å². The van der Waals surface area contributed by atoms with E-state index in [1.165, 1.54) is 0 Å². The van der Waals surface area contributed by atoms with Gasteiger partial charge in [-0.25, -0.2) is 0 Å². The van der Waals surface area contributed by atoms with Crippen molar-refractivity contribution in [1.82, 2.24) is 0 Å². The molecule has 0 rings (SSSR count). The molecule has 96 valence electrons. The van der Waals surface area contributed by atoms with E-state index in [1.54, 1.807) is 14.2 Å². The van der Waals surface area contributed by atoms with Crippen LogP contribution in [0.2, 0.25) is 0 Å². The van der Waals surface area contributed by atoms with Crippen molar-refractivity contribution >= 4 is 43.5 Å². The van der Waals surface area contributed by atoms with Crippen molar-refractivity contribution in [3.05, 3.63) is 9.47 Å². The van der Waals surface area contributed by atoms with Crippen molar-refractivity contribution in [3.8, 4) is 0 Å². The van der Waals surface area contributed by atoms with Crippen molar-refractivity contribution < 1.29 is 9.47 Å². The van der Waals surface area contributed by atoms with Crippen LogP contribution in [0.3, 0.4) is 0 Å². The van der Waals surface area contributed by atoms with Crippen LogP contribution in [0.4, 0.5) is 0 Å². The Bertz CT molecular complexity index is 192. The van der Waals surface area contributed by atoms with E-state index in [2.05, 4.69) is 37.9 Å². The van der Waals surface area contributed by atoms with Gasteiger partial charge in [0.05, 0.1) is 3.39 Å². The van der Waals surface area contributed by atoms with Gasteiger partial charge < -0.3 is 9.47 Å². The van der Waals surface area contributed by atoms with Gasteiger partial charge in [-0.05, 0) is 63.5 Å². The molecule has 5 heteroatoms. The van der Waals surface area contributed by atoms with E-state index in [0.717, 1.165) is 29.1 Å². The van der Waals surface area contributed by atoms with Crippen molar-refractivity contribution in [1.29, 1.82) is 0 Å². The summed E-state index contributed by atoms with van der Waals surface area (Å²) in [5, 5.41) is 0. The molecule has 0 aliphatic heterocycles. The van der Waals surface area contributed by atoms with Crippen LogP contribution in [0, 0.1) is 5.92 Å². The maximum atomic E-state index is 5.71. The first-order valence-corrected chi connectivity index (χ1v) is 7.40. The molecule has 0 heterocycles. The number of hydrogen-bond donors (Lipinski definition) is 0. The van der Waals surface area contributed by atoms with Gasteiger partial charge in [0.15, 0.2) is 6.29 Å². The second-order valence-corrected chi connectivity index (χ2v) is 6.68. The molecule has 1 atom stereocenters. The highest BCUT2D eigenvalue weighted by atomic mass is 79.9. The quantitative estimate of drug-likeness (QED) is 0.429. The van der Waals surface area contributed by atoms with E-state index < -0.39 is 0 Å². The first-order chi connectivity index (χ1) is 7.63. The lowest BCUT2D eigenvalue weighted by Gasteiger charge is -2.17. The second kappa shape index (κ2) is 11.0. The van der Waals surface area contributed by atoms with Crippen molar-refractivity contribution in [2.24, 2.45) is 5.92 Å². The van der Waals surface area contributed by atoms with Crippen molar-refractivity contribution in [2.45, 2.75) is 32.0 Å². The third-order valence-corrected chi connectivity index (χ3v) is 3.17. The summed E-state index contributed by atoms with van der Waals surface area (Å²) in [4.78, 5) is 0. The first-order valence-electron chi connectivity index (χ1n) is 5.28. The molecule has 0 radical (unpaired) electrons. The van der Waals surface area contributed by atoms with Crippen LogP contribution in [0.15, 0.2) is 9.47 Å². The molecule has 0 fully saturated rings. The summed E-state index contributed by atoms with van der Waals surface area (Å²) in [5.74, 6) is 1.21. The predicted octanol–water partition coefficient (Wildman–Crippen LogP) is 4.65. The molecule has 0 aliphatic carbocycles. The highest BCUT2D eigenvalue weighted by molar-refractivity contribution is 9.28. The van der Waals surface area contributed by atoms with Crippen LogP contribution in [-0.4, -0.2) is 26.4 Å². The monoisotopic (exact) mass is 376 g/mol. The minimum atomic E-state index is -0.110. The fraction of sp³-hybridized carbons (Fsp3) is 0.818. The average Bonchev–Trinajstić information content (AvgIpc) is 2.26. The largest absolute Gasteiger partial charge is 0.356 e. The SMILES string of the molecule is COC(CCC(C=C(Br)Br)CCCCl)OC. The van der Waals surface area contributed by atoms with Crippen LogP contribution >= 0.6 is 43.5 Å². The Labute approximate surface area is 120 Å². The van der Waals surface area contributed by atoms with Crippen LogP contribution in [0.1, 0.15) is 25.7 Å². The molecule has 0 bridgehead atoms. The maximum absolute atomic E-state index is 5.71. The highest BCUT2D eigenvalue weighted by Gasteiger charge is 2.11. The second-order valence-electron chi connectivity index (χ2n) is 3.53. The van der Waals surface area contributed by atoms with Gasteiger partial charge in [-0.2, -0.15) is 0 Å². The molecular weight excluding hydrogens is 359 g/mol. The summed E-state index contributed by atoms with van der Waals surface area (Å²) < 4.78 is 11.3. The van der Waals surface area contributed by atoms with Gasteiger partial charge in [-0.1, -0.05) is 6.08 Å². The van der Waals surface area contributed by atoms with Gasteiger partial charge in [0.25, 0.3) is 0 Å². The molecule has 0 N–H and O–H groups in total. The number of alkyl halides is 1. The zero-order valence-electron chi connectivity index (χ0n) is 9.72. The molecule has 0 saturated heterocycles. The highest BCUT2D eigenvalue weighted by Crippen LogP contribution is 2.24. The zero-order chi connectivity index (χ0) is 12.4. The summed E-state index contributed by atoms with van der Waals surface area (Å²) >= 11 is 12.5. The van der Waals surface area contributed by atoms with Crippen molar-refractivity contribution in [3.63, 3.8) is 0 Å². The van der Waals surface area contributed by atoms with Gasteiger partial charge in [0, 0.05) is 20.1 Å². The lowest BCUT2D eigenvalue weighted by Crippen LogP contribution is -2.14. The fourth-order valence-corrected chi connectivity index (χ4v) is 2.41. The van der Waals surface area contributed by atoms with Gasteiger partial charge in [0.1, 0.15) is 0 Å². The van der Waals surface area contributed by atoms with Gasteiger partial charge in [-0.15, -0.1) is 11.6 Å². The minimum absolute atomic E-state index is 0.110. The molecule has 0 aromatic carbocycles. The molecule has 2 nitrogen and oxygen atoms in total.